The number of carboxylic acids is 1. The highest BCUT2D eigenvalue weighted by Gasteiger charge is 2.51. The molecule has 4 atom stereocenters. The molecule has 21 heavy (non-hydrogen) atoms. The van der Waals surface area contributed by atoms with E-state index in [-0.39, 0.29) is 17.7 Å². The van der Waals surface area contributed by atoms with Gasteiger partial charge in [-0.2, -0.15) is 0 Å². The van der Waals surface area contributed by atoms with Crippen LogP contribution in [-0.2, 0) is 9.59 Å². The molecule has 0 spiro atoms. The number of amides is 1. The van der Waals surface area contributed by atoms with Crippen LogP contribution >= 0.6 is 23.2 Å². The second kappa shape index (κ2) is 5.35. The van der Waals surface area contributed by atoms with Crippen molar-refractivity contribution in [2.45, 2.75) is 6.42 Å². The van der Waals surface area contributed by atoms with Crippen molar-refractivity contribution in [2.24, 2.45) is 23.7 Å². The Hall–Kier alpha value is -1.52. The van der Waals surface area contributed by atoms with Gasteiger partial charge in [0.05, 0.1) is 22.5 Å². The summed E-state index contributed by atoms with van der Waals surface area (Å²) >= 11 is 11.8. The van der Waals surface area contributed by atoms with E-state index in [4.69, 9.17) is 23.2 Å². The largest absolute Gasteiger partial charge is 0.481 e. The minimum Gasteiger partial charge on any atom is -0.481 e. The van der Waals surface area contributed by atoms with Crippen molar-refractivity contribution in [3.8, 4) is 0 Å². The number of fused-ring (bicyclic) bond motifs is 2. The van der Waals surface area contributed by atoms with E-state index in [1.54, 1.807) is 12.1 Å². The van der Waals surface area contributed by atoms with Crippen molar-refractivity contribution in [3.05, 3.63) is 40.4 Å². The van der Waals surface area contributed by atoms with Crippen molar-refractivity contribution in [3.63, 3.8) is 0 Å². The first-order valence-corrected chi connectivity index (χ1v) is 7.40. The van der Waals surface area contributed by atoms with E-state index in [1.807, 2.05) is 12.2 Å². The Kier molecular flexibility index (Phi) is 3.68. The number of anilines is 1. The van der Waals surface area contributed by atoms with Gasteiger partial charge in [-0.25, -0.2) is 0 Å². The van der Waals surface area contributed by atoms with Crippen molar-refractivity contribution >= 4 is 40.8 Å². The Morgan fingerprint density at radius 1 is 1.14 bits per heavy atom. The Morgan fingerprint density at radius 2 is 1.81 bits per heavy atom. The van der Waals surface area contributed by atoms with Crippen LogP contribution in [0.25, 0.3) is 0 Å². The summed E-state index contributed by atoms with van der Waals surface area (Å²) in [5.41, 5.74) is 0.446. The molecule has 0 aliphatic heterocycles. The van der Waals surface area contributed by atoms with Crippen LogP contribution in [0, 0.1) is 23.7 Å². The Labute approximate surface area is 131 Å². The maximum absolute atomic E-state index is 12.5. The van der Waals surface area contributed by atoms with Crippen LogP contribution in [-0.4, -0.2) is 17.0 Å². The molecule has 2 bridgehead atoms. The average molecular weight is 326 g/mol. The molecule has 6 heteroatoms. The third-order valence-corrected chi connectivity index (χ3v) is 4.78. The minimum absolute atomic E-state index is 0.0119. The molecule has 110 valence electrons. The molecular formula is C15H13Cl2NO3. The number of carbonyl (C=O) groups is 2. The van der Waals surface area contributed by atoms with Crippen LogP contribution in [0.4, 0.5) is 5.69 Å². The molecule has 2 aliphatic carbocycles. The summed E-state index contributed by atoms with van der Waals surface area (Å²) in [6.45, 7) is 0. The van der Waals surface area contributed by atoms with E-state index in [9.17, 15) is 14.7 Å². The van der Waals surface area contributed by atoms with E-state index in [0.29, 0.717) is 15.7 Å². The van der Waals surface area contributed by atoms with Gasteiger partial charge in [0.2, 0.25) is 5.91 Å². The number of hydrogen-bond acceptors (Lipinski definition) is 2. The third-order valence-electron chi connectivity index (χ3n) is 4.24. The zero-order valence-corrected chi connectivity index (χ0v) is 12.4. The van der Waals surface area contributed by atoms with E-state index >= 15 is 0 Å². The lowest BCUT2D eigenvalue weighted by Crippen LogP contribution is -2.36. The number of carboxylic acid groups (broad SMARTS) is 1. The second-order valence-corrected chi connectivity index (χ2v) is 6.30. The molecule has 4 nitrogen and oxygen atoms in total. The van der Waals surface area contributed by atoms with Crippen LogP contribution in [0.3, 0.4) is 0 Å². The fourth-order valence-corrected chi connectivity index (χ4v) is 3.78. The highest BCUT2D eigenvalue weighted by molar-refractivity contribution is 6.36. The number of aliphatic carboxylic acids is 1. The molecule has 2 aliphatic rings. The van der Waals surface area contributed by atoms with Gasteiger partial charge in [0.1, 0.15) is 0 Å². The molecule has 2 N–H and O–H groups in total. The molecule has 0 aromatic heterocycles. The van der Waals surface area contributed by atoms with Crippen LogP contribution < -0.4 is 5.32 Å². The minimum atomic E-state index is -0.922. The van der Waals surface area contributed by atoms with Crippen LogP contribution in [0.2, 0.25) is 10.0 Å². The fraction of sp³-hybridized carbons (Fsp3) is 0.333. The molecule has 1 fully saturated rings. The predicted molar refractivity (Wildman–Crippen MR) is 80.4 cm³/mol. The number of carbonyl (C=O) groups excluding carboxylic acids is 1. The maximum atomic E-state index is 12.5. The van der Waals surface area contributed by atoms with Crippen LogP contribution in [0.15, 0.2) is 30.4 Å². The molecule has 0 heterocycles. The zero-order chi connectivity index (χ0) is 15.1. The molecule has 0 radical (unpaired) electrons. The lowest BCUT2D eigenvalue weighted by molar-refractivity contribution is -0.146. The standard InChI is InChI=1S/C15H13Cl2NO3/c16-9-3-4-11(10(17)6-9)18-14(19)12-7-1-2-8(5-7)13(12)15(20)21/h1-4,6-8,12-13H,5H2,(H,18,19)(H,20,21)/t7-,8+,12-,13+/m1/s1. The maximum Gasteiger partial charge on any atom is 0.307 e. The molecule has 0 saturated heterocycles. The van der Waals surface area contributed by atoms with Gasteiger partial charge >= 0.3 is 5.97 Å². The van der Waals surface area contributed by atoms with Crippen molar-refractivity contribution in [1.29, 1.82) is 0 Å². The second-order valence-electron chi connectivity index (χ2n) is 5.45. The lowest BCUT2D eigenvalue weighted by Gasteiger charge is -2.24. The van der Waals surface area contributed by atoms with Crippen molar-refractivity contribution < 1.29 is 14.7 Å². The third kappa shape index (κ3) is 2.54. The SMILES string of the molecule is O=C(O)[C@@H]1[C@H](C(=O)Nc2ccc(Cl)cc2Cl)[C@@H]2C=C[C@H]1C2. The van der Waals surface area contributed by atoms with E-state index in [0.717, 1.165) is 6.42 Å². The summed E-state index contributed by atoms with van der Waals surface area (Å²) < 4.78 is 0. The number of hydrogen-bond donors (Lipinski definition) is 2. The van der Waals surface area contributed by atoms with Gasteiger partial charge in [-0.05, 0) is 36.5 Å². The highest BCUT2D eigenvalue weighted by Crippen LogP contribution is 2.48. The van der Waals surface area contributed by atoms with Crippen LogP contribution in [0.1, 0.15) is 6.42 Å². The average Bonchev–Trinajstić information content (AvgIpc) is 3.02. The summed E-state index contributed by atoms with van der Waals surface area (Å²) in [6.07, 6.45) is 4.57. The first-order chi connectivity index (χ1) is 9.97. The van der Waals surface area contributed by atoms with Gasteiger partial charge < -0.3 is 10.4 Å². The van der Waals surface area contributed by atoms with Gasteiger partial charge in [-0.1, -0.05) is 35.4 Å². The molecule has 1 saturated carbocycles. The number of nitrogens with one attached hydrogen (secondary N) is 1. The van der Waals surface area contributed by atoms with Gasteiger partial charge in [0, 0.05) is 5.02 Å². The summed E-state index contributed by atoms with van der Waals surface area (Å²) in [5, 5.41) is 12.9. The van der Waals surface area contributed by atoms with Crippen molar-refractivity contribution in [1.82, 2.24) is 0 Å². The normalized spacial score (nSPS) is 29.6. The molecule has 0 unspecified atom stereocenters. The number of rotatable bonds is 3. The van der Waals surface area contributed by atoms with Gasteiger partial charge in [0.25, 0.3) is 0 Å². The molecule has 1 amide bonds. The lowest BCUT2D eigenvalue weighted by atomic mass is 9.82. The monoisotopic (exact) mass is 325 g/mol. The van der Waals surface area contributed by atoms with Crippen LogP contribution in [0.5, 0.6) is 0 Å². The smallest absolute Gasteiger partial charge is 0.307 e. The first kappa shape index (κ1) is 14.4. The van der Waals surface area contributed by atoms with Gasteiger partial charge in [-0.3, -0.25) is 9.59 Å². The molecule has 1 aromatic rings. The summed E-state index contributed by atoms with van der Waals surface area (Å²) in [4.78, 5) is 23.9. The Bertz CT molecular complexity index is 644. The summed E-state index contributed by atoms with van der Waals surface area (Å²) in [6, 6.07) is 4.77. The van der Waals surface area contributed by atoms with E-state index in [1.165, 1.54) is 6.07 Å². The quantitative estimate of drug-likeness (QED) is 0.836. The van der Waals surface area contributed by atoms with Crippen molar-refractivity contribution in [2.75, 3.05) is 5.32 Å². The topological polar surface area (TPSA) is 66.4 Å². The molecule has 1 aromatic carbocycles. The van der Waals surface area contributed by atoms with E-state index in [2.05, 4.69) is 5.32 Å². The molecule has 3 rings (SSSR count). The number of allylic oxidation sites excluding steroid dienone is 2. The first-order valence-electron chi connectivity index (χ1n) is 6.64. The zero-order valence-electron chi connectivity index (χ0n) is 10.9. The Balaban J connectivity index is 1.82. The number of halogens is 2. The van der Waals surface area contributed by atoms with Gasteiger partial charge in [-0.15, -0.1) is 0 Å². The number of benzene rings is 1. The Morgan fingerprint density at radius 3 is 2.43 bits per heavy atom. The van der Waals surface area contributed by atoms with E-state index < -0.39 is 17.8 Å². The van der Waals surface area contributed by atoms with Gasteiger partial charge in [0.15, 0.2) is 0 Å². The summed E-state index contributed by atoms with van der Waals surface area (Å²) in [5.74, 6) is -2.50. The summed E-state index contributed by atoms with van der Waals surface area (Å²) in [7, 11) is 0. The highest BCUT2D eigenvalue weighted by atomic mass is 35.5. The predicted octanol–water partition coefficient (Wildman–Crippen LogP) is 3.45. The molecular weight excluding hydrogens is 313 g/mol. The fourth-order valence-electron chi connectivity index (χ4n) is 3.32.